The fourth-order valence-corrected chi connectivity index (χ4v) is 1.84. The molecule has 1 aliphatic heterocycles. The Morgan fingerprint density at radius 2 is 2.31 bits per heavy atom. The number of rotatable bonds is 2. The predicted octanol–water partition coefficient (Wildman–Crippen LogP) is 1.22. The fraction of sp³-hybridized carbons (Fsp3) is 0.667. The van der Waals surface area contributed by atoms with Crippen LogP contribution in [0, 0.1) is 0 Å². The van der Waals surface area contributed by atoms with Gasteiger partial charge in [0.1, 0.15) is 0 Å². The summed E-state index contributed by atoms with van der Waals surface area (Å²) in [5.41, 5.74) is 0. The standard InChI is InChI=1S/C9H16N2OS/c1-3-4-10-9(13-2)11-5-7-12-8-6-11/h3H,1,4-8H2,2H3. The molecule has 0 aromatic heterocycles. The molecular weight excluding hydrogens is 184 g/mol. The van der Waals surface area contributed by atoms with Crippen molar-refractivity contribution in [3.8, 4) is 0 Å². The molecule has 1 heterocycles. The second kappa shape index (κ2) is 6.05. The van der Waals surface area contributed by atoms with Crippen LogP contribution in [0.5, 0.6) is 0 Å². The first-order valence-electron chi connectivity index (χ1n) is 4.40. The second-order valence-corrected chi connectivity index (χ2v) is 3.49. The smallest absolute Gasteiger partial charge is 0.159 e. The third-order valence-electron chi connectivity index (χ3n) is 1.82. The van der Waals surface area contributed by atoms with E-state index in [2.05, 4.69) is 22.7 Å². The van der Waals surface area contributed by atoms with Crippen LogP contribution in [0.15, 0.2) is 17.6 Å². The molecule has 0 atom stereocenters. The third-order valence-corrected chi connectivity index (χ3v) is 2.57. The van der Waals surface area contributed by atoms with Gasteiger partial charge in [-0.2, -0.15) is 0 Å². The van der Waals surface area contributed by atoms with Gasteiger partial charge in [0.25, 0.3) is 0 Å². The number of ether oxygens (including phenoxy) is 1. The Kier molecular flexibility index (Phi) is 4.93. The number of thioether (sulfide) groups is 1. The van der Waals surface area contributed by atoms with Gasteiger partial charge < -0.3 is 9.64 Å². The molecule has 1 rings (SSSR count). The summed E-state index contributed by atoms with van der Waals surface area (Å²) in [6, 6.07) is 0. The van der Waals surface area contributed by atoms with Crippen LogP contribution in [0.25, 0.3) is 0 Å². The van der Waals surface area contributed by atoms with Crippen LogP contribution in [0.3, 0.4) is 0 Å². The SMILES string of the molecule is C=CCN=C(SC)N1CCOCC1. The van der Waals surface area contributed by atoms with E-state index in [-0.39, 0.29) is 0 Å². The molecule has 1 fully saturated rings. The Morgan fingerprint density at radius 1 is 1.62 bits per heavy atom. The van der Waals surface area contributed by atoms with Gasteiger partial charge in [-0.15, -0.1) is 6.58 Å². The summed E-state index contributed by atoms with van der Waals surface area (Å²) >= 11 is 1.69. The average molecular weight is 200 g/mol. The summed E-state index contributed by atoms with van der Waals surface area (Å²) in [6.07, 6.45) is 3.87. The molecule has 13 heavy (non-hydrogen) atoms. The van der Waals surface area contributed by atoms with Crippen molar-refractivity contribution in [3.05, 3.63) is 12.7 Å². The molecule has 3 nitrogen and oxygen atoms in total. The Morgan fingerprint density at radius 3 is 2.85 bits per heavy atom. The van der Waals surface area contributed by atoms with E-state index in [0.29, 0.717) is 6.54 Å². The Hall–Kier alpha value is -0.480. The monoisotopic (exact) mass is 200 g/mol. The molecule has 74 valence electrons. The van der Waals surface area contributed by atoms with Crippen molar-refractivity contribution < 1.29 is 4.74 Å². The molecule has 0 bridgehead atoms. The highest BCUT2D eigenvalue weighted by molar-refractivity contribution is 8.13. The van der Waals surface area contributed by atoms with Crippen molar-refractivity contribution in [1.29, 1.82) is 0 Å². The molecule has 0 aromatic carbocycles. The number of aliphatic imine (C=N–C) groups is 1. The van der Waals surface area contributed by atoms with Gasteiger partial charge in [0, 0.05) is 13.1 Å². The molecule has 0 radical (unpaired) electrons. The average Bonchev–Trinajstić information content (AvgIpc) is 2.21. The first-order chi connectivity index (χ1) is 6.38. The lowest BCUT2D eigenvalue weighted by Gasteiger charge is -2.28. The topological polar surface area (TPSA) is 24.8 Å². The van der Waals surface area contributed by atoms with E-state index in [1.54, 1.807) is 11.8 Å². The highest BCUT2D eigenvalue weighted by Gasteiger charge is 2.13. The predicted molar refractivity (Wildman–Crippen MR) is 58.4 cm³/mol. The van der Waals surface area contributed by atoms with Gasteiger partial charge in [-0.25, -0.2) is 0 Å². The first-order valence-corrected chi connectivity index (χ1v) is 5.63. The van der Waals surface area contributed by atoms with Gasteiger partial charge >= 0.3 is 0 Å². The van der Waals surface area contributed by atoms with E-state index in [4.69, 9.17) is 4.74 Å². The minimum Gasteiger partial charge on any atom is -0.378 e. The van der Waals surface area contributed by atoms with E-state index in [1.807, 2.05) is 6.08 Å². The van der Waals surface area contributed by atoms with Crippen LogP contribution >= 0.6 is 11.8 Å². The normalized spacial score (nSPS) is 18.8. The van der Waals surface area contributed by atoms with Crippen molar-refractivity contribution in [1.82, 2.24) is 4.90 Å². The van der Waals surface area contributed by atoms with Crippen molar-refractivity contribution in [2.75, 3.05) is 39.1 Å². The molecule has 0 aliphatic carbocycles. The number of morpholine rings is 1. The lowest BCUT2D eigenvalue weighted by molar-refractivity contribution is 0.0693. The number of nitrogens with zero attached hydrogens (tertiary/aromatic N) is 2. The maximum absolute atomic E-state index is 5.27. The summed E-state index contributed by atoms with van der Waals surface area (Å²) < 4.78 is 5.27. The molecule has 0 spiro atoms. The van der Waals surface area contributed by atoms with Crippen molar-refractivity contribution in [3.63, 3.8) is 0 Å². The van der Waals surface area contributed by atoms with Crippen molar-refractivity contribution in [2.45, 2.75) is 0 Å². The zero-order chi connectivity index (χ0) is 9.52. The fourth-order valence-electron chi connectivity index (χ4n) is 1.19. The van der Waals surface area contributed by atoms with Crippen LogP contribution in [0.2, 0.25) is 0 Å². The van der Waals surface area contributed by atoms with E-state index in [9.17, 15) is 0 Å². The number of hydrogen-bond donors (Lipinski definition) is 0. The van der Waals surface area contributed by atoms with Gasteiger partial charge in [0.2, 0.25) is 0 Å². The van der Waals surface area contributed by atoms with Crippen LogP contribution in [-0.4, -0.2) is 49.2 Å². The first kappa shape index (κ1) is 10.6. The maximum atomic E-state index is 5.27. The molecule has 0 saturated carbocycles. The van der Waals surface area contributed by atoms with E-state index < -0.39 is 0 Å². The van der Waals surface area contributed by atoms with E-state index >= 15 is 0 Å². The summed E-state index contributed by atoms with van der Waals surface area (Å²) in [4.78, 5) is 6.68. The lowest BCUT2D eigenvalue weighted by atomic mass is 10.5. The summed E-state index contributed by atoms with van der Waals surface area (Å²) in [5.74, 6) is 0. The number of amidine groups is 1. The Bertz CT molecular complexity index is 188. The minimum absolute atomic E-state index is 0.702. The molecule has 1 aliphatic rings. The van der Waals surface area contributed by atoms with Gasteiger partial charge in [0.05, 0.1) is 19.8 Å². The van der Waals surface area contributed by atoms with Crippen molar-refractivity contribution in [2.24, 2.45) is 4.99 Å². The minimum atomic E-state index is 0.702. The Balaban J connectivity index is 2.47. The van der Waals surface area contributed by atoms with E-state index in [0.717, 1.165) is 31.5 Å². The zero-order valence-corrected chi connectivity index (χ0v) is 8.85. The highest BCUT2D eigenvalue weighted by atomic mass is 32.2. The van der Waals surface area contributed by atoms with Crippen LogP contribution in [0.1, 0.15) is 0 Å². The van der Waals surface area contributed by atoms with Gasteiger partial charge in [-0.05, 0) is 6.26 Å². The molecular formula is C9H16N2OS. The summed E-state index contributed by atoms with van der Waals surface area (Å²) in [6.45, 7) is 7.89. The summed E-state index contributed by atoms with van der Waals surface area (Å²) in [7, 11) is 0. The molecule has 4 heteroatoms. The van der Waals surface area contributed by atoms with E-state index in [1.165, 1.54) is 0 Å². The highest BCUT2D eigenvalue weighted by Crippen LogP contribution is 2.07. The summed E-state index contributed by atoms with van der Waals surface area (Å²) in [5, 5.41) is 1.10. The molecule has 0 N–H and O–H groups in total. The Labute approximate surface area is 83.9 Å². The molecule has 0 unspecified atom stereocenters. The second-order valence-electron chi connectivity index (χ2n) is 2.72. The molecule has 0 aromatic rings. The van der Waals surface area contributed by atoms with Crippen LogP contribution in [0.4, 0.5) is 0 Å². The molecule has 1 saturated heterocycles. The van der Waals surface area contributed by atoms with Gasteiger partial charge in [-0.1, -0.05) is 17.8 Å². The quantitative estimate of drug-likeness (QED) is 0.381. The largest absolute Gasteiger partial charge is 0.378 e. The molecule has 0 amide bonds. The zero-order valence-electron chi connectivity index (χ0n) is 8.03. The maximum Gasteiger partial charge on any atom is 0.159 e. The van der Waals surface area contributed by atoms with Crippen LogP contribution in [-0.2, 0) is 4.74 Å². The lowest BCUT2D eigenvalue weighted by Crippen LogP contribution is -2.39. The van der Waals surface area contributed by atoms with Crippen molar-refractivity contribution >= 4 is 16.9 Å². The number of hydrogen-bond acceptors (Lipinski definition) is 3. The third kappa shape index (κ3) is 3.40. The van der Waals surface area contributed by atoms with Gasteiger partial charge in [-0.3, -0.25) is 4.99 Å². The van der Waals surface area contributed by atoms with Crippen LogP contribution < -0.4 is 0 Å². The van der Waals surface area contributed by atoms with Gasteiger partial charge in [0.15, 0.2) is 5.17 Å².